The van der Waals surface area contributed by atoms with Crippen molar-refractivity contribution in [3.63, 3.8) is 0 Å². The first kappa shape index (κ1) is 14.7. The number of anilines is 1. The van der Waals surface area contributed by atoms with Crippen LogP contribution in [-0.2, 0) is 15.8 Å². The number of halogens is 4. The first-order chi connectivity index (χ1) is 9.20. The van der Waals surface area contributed by atoms with Crippen LogP contribution >= 0.6 is 15.9 Å². The number of hydrogen-bond donors (Lipinski definition) is 1. The number of primary amides is 1. The van der Waals surface area contributed by atoms with Crippen LogP contribution in [-0.4, -0.2) is 28.3 Å². The maximum Gasteiger partial charge on any atom is 0.434 e. The first-order valence-corrected chi connectivity index (χ1v) is 6.19. The van der Waals surface area contributed by atoms with Crippen LogP contribution in [0, 0.1) is 5.92 Å². The van der Waals surface area contributed by atoms with Crippen LogP contribution in [0.5, 0.6) is 0 Å². The maximum atomic E-state index is 12.7. The molecule has 0 bridgehead atoms. The third-order valence-electron chi connectivity index (χ3n) is 2.77. The Morgan fingerprint density at radius 3 is 2.65 bits per heavy atom. The second kappa shape index (κ2) is 5.00. The molecule has 2 rings (SSSR count). The second-order valence-corrected chi connectivity index (χ2v) is 5.03. The fourth-order valence-corrected chi connectivity index (χ4v) is 2.19. The summed E-state index contributed by atoms with van der Waals surface area (Å²) >= 11 is 2.70. The van der Waals surface area contributed by atoms with E-state index in [0.717, 1.165) is 11.1 Å². The van der Waals surface area contributed by atoms with E-state index in [9.17, 15) is 22.8 Å². The van der Waals surface area contributed by atoms with E-state index in [1.54, 1.807) is 0 Å². The summed E-state index contributed by atoms with van der Waals surface area (Å²) in [4.78, 5) is 30.6. The monoisotopic (exact) mass is 352 g/mol. The van der Waals surface area contributed by atoms with E-state index in [1.807, 2.05) is 0 Å². The fraction of sp³-hybridized carbons (Fsp3) is 0.400. The normalized spacial score (nSPS) is 19.5. The van der Waals surface area contributed by atoms with E-state index in [-0.39, 0.29) is 17.4 Å². The minimum atomic E-state index is -4.68. The lowest BCUT2D eigenvalue weighted by molar-refractivity contribution is -0.142. The Balaban J connectivity index is 2.35. The van der Waals surface area contributed by atoms with Crippen molar-refractivity contribution in [2.75, 3.05) is 11.4 Å². The molecular formula is C10H8BrF3N4O2. The standard InChI is InChI=1S/C10H8BrF3N4O2/c11-5-2-16-9(17-7(5)10(12,13)14)18-3-4(8(15)20)1-6(18)19/h2,4H,1,3H2,(H2,15,20). The highest BCUT2D eigenvalue weighted by Crippen LogP contribution is 2.34. The predicted molar refractivity (Wildman–Crippen MR) is 64.4 cm³/mol. The van der Waals surface area contributed by atoms with E-state index < -0.39 is 35.6 Å². The molecule has 1 aliphatic heterocycles. The van der Waals surface area contributed by atoms with Gasteiger partial charge in [0.05, 0.1) is 10.4 Å². The molecule has 1 aromatic heterocycles. The fourth-order valence-electron chi connectivity index (χ4n) is 1.78. The molecule has 1 saturated heterocycles. The number of rotatable bonds is 2. The summed E-state index contributed by atoms with van der Waals surface area (Å²) in [7, 11) is 0. The summed E-state index contributed by atoms with van der Waals surface area (Å²) in [5.74, 6) is -2.36. The Morgan fingerprint density at radius 2 is 2.15 bits per heavy atom. The van der Waals surface area contributed by atoms with E-state index >= 15 is 0 Å². The summed E-state index contributed by atoms with van der Waals surface area (Å²) in [5, 5.41) is 0. The Hall–Kier alpha value is -1.71. The van der Waals surface area contributed by atoms with Crippen LogP contribution in [0.2, 0.25) is 0 Å². The number of aromatic nitrogens is 2. The number of carbonyl (C=O) groups excluding carboxylic acids is 2. The van der Waals surface area contributed by atoms with Crippen molar-refractivity contribution in [2.24, 2.45) is 11.7 Å². The van der Waals surface area contributed by atoms with E-state index in [4.69, 9.17) is 5.73 Å². The number of alkyl halides is 3. The van der Waals surface area contributed by atoms with Crippen LogP contribution in [0.3, 0.4) is 0 Å². The molecule has 6 nitrogen and oxygen atoms in total. The molecule has 1 unspecified atom stereocenters. The smallest absolute Gasteiger partial charge is 0.369 e. The van der Waals surface area contributed by atoms with Crippen LogP contribution in [0.25, 0.3) is 0 Å². The van der Waals surface area contributed by atoms with Gasteiger partial charge in [-0.1, -0.05) is 0 Å². The summed E-state index contributed by atoms with van der Waals surface area (Å²) in [5.41, 5.74) is 3.89. The highest BCUT2D eigenvalue weighted by atomic mass is 79.9. The van der Waals surface area contributed by atoms with E-state index in [2.05, 4.69) is 25.9 Å². The van der Waals surface area contributed by atoms with E-state index in [1.165, 1.54) is 0 Å². The van der Waals surface area contributed by atoms with Crippen LogP contribution < -0.4 is 10.6 Å². The average Bonchev–Trinajstić information content (AvgIpc) is 2.71. The molecule has 0 spiro atoms. The first-order valence-electron chi connectivity index (χ1n) is 5.39. The van der Waals surface area contributed by atoms with Crippen molar-refractivity contribution in [2.45, 2.75) is 12.6 Å². The van der Waals surface area contributed by atoms with Gasteiger partial charge in [-0.05, 0) is 15.9 Å². The molecule has 0 radical (unpaired) electrons. The number of nitrogens with zero attached hydrogens (tertiary/aromatic N) is 3. The zero-order valence-electron chi connectivity index (χ0n) is 9.82. The van der Waals surface area contributed by atoms with Gasteiger partial charge in [-0.25, -0.2) is 9.97 Å². The Bertz CT molecular complexity index is 578. The van der Waals surface area contributed by atoms with Crippen LogP contribution in [0.4, 0.5) is 19.1 Å². The number of amides is 2. The maximum absolute atomic E-state index is 12.7. The van der Waals surface area contributed by atoms with Gasteiger partial charge in [-0.3, -0.25) is 14.5 Å². The molecule has 1 atom stereocenters. The van der Waals surface area contributed by atoms with Crippen molar-refractivity contribution in [1.82, 2.24) is 9.97 Å². The molecule has 2 N–H and O–H groups in total. The highest BCUT2D eigenvalue weighted by Gasteiger charge is 2.39. The highest BCUT2D eigenvalue weighted by molar-refractivity contribution is 9.10. The minimum Gasteiger partial charge on any atom is -0.369 e. The summed E-state index contributed by atoms with van der Waals surface area (Å²) < 4.78 is 37.8. The van der Waals surface area contributed by atoms with Crippen molar-refractivity contribution in [3.8, 4) is 0 Å². The lowest BCUT2D eigenvalue weighted by Crippen LogP contribution is -2.30. The molecule has 0 saturated carbocycles. The van der Waals surface area contributed by atoms with Crippen molar-refractivity contribution >= 4 is 33.7 Å². The molecule has 0 aromatic carbocycles. The topological polar surface area (TPSA) is 89.2 Å². The van der Waals surface area contributed by atoms with Gasteiger partial charge in [0.15, 0.2) is 5.69 Å². The second-order valence-electron chi connectivity index (χ2n) is 4.17. The van der Waals surface area contributed by atoms with Gasteiger partial charge in [0.2, 0.25) is 17.8 Å². The zero-order valence-corrected chi connectivity index (χ0v) is 11.4. The van der Waals surface area contributed by atoms with Gasteiger partial charge in [0.25, 0.3) is 0 Å². The Morgan fingerprint density at radius 1 is 1.50 bits per heavy atom. The quantitative estimate of drug-likeness (QED) is 0.862. The van der Waals surface area contributed by atoms with Crippen molar-refractivity contribution in [3.05, 3.63) is 16.4 Å². The number of hydrogen-bond acceptors (Lipinski definition) is 4. The predicted octanol–water partition coefficient (Wildman–Crippen LogP) is 1.10. The molecule has 1 aliphatic rings. The molecule has 1 aromatic rings. The lowest BCUT2D eigenvalue weighted by atomic mass is 10.1. The summed E-state index contributed by atoms with van der Waals surface area (Å²) in [6.07, 6.45) is -3.92. The van der Waals surface area contributed by atoms with Crippen LogP contribution in [0.1, 0.15) is 12.1 Å². The van der Waals surface area contributed by atoms with Gasteiger partial charge >= 0.3 is 6.18 Å². The molecule has 2 heterocycles. The lowest BCUT2D eigenvalue weighted by Gasteiger charge is -2.16. The van der Waals surface area contributed by atoms with Gasteiger partial charge in [0.1, 0.15) is 0 Å². The molecular weight excluding hydrogens is 345 g/mol. The Labute approximate surface area is 119 Å². The van der Waals surface area contributed by atoms with Gasteiger partial charge in [0, 0.05) is 19.2 Å². The largest absolute Gasteiger partial charge is 0.434 e. The Kier molecular flexibility index (Phi) is 3.67. The molecule has 10 heteroatoms. The summed E-state index contributed by atoms with van der Waals surface area (Å²) in [6.45, 7) is -0.118. The molecule has 108 valence electrons. The molecule has 2 amide bonds. The van der Waals surface area contributed by atoms with Gasteiger partial charge < -0.3 is 5.73 Å². The molecule has 1 fully saturated rings. The number of carbonyl (C=O) groups is 2. The third-order valence-corrected chi connectivity index (χ3v) is 3.35. The molecule has 20 heavy (non-hydrogen) atoms. The SMILES string of the molecule is NC(=O)C1CC(=O)N(c2ncc(Br)c(C(F)(F)F)n2)C1. The zero-order chi connectivity index (χ0) is 15.1. The summed E-state index contributed by atoms with van der Waals surface area (Å²) in [6, 6.07) is 0. The van der Waals surface area contributed by atoms with Gasteiger partial charge in [-0.15, -0.1) is 0 Å². The molecule has 0 aliphatic carbocycles. The third kappa shape index (κ3) is 2.74. The van der Waals surface area contributed by atoms with Crippen molar-refractivity contribution in [1.29, 1.82) is 0 Å². The van der Waals surface area contributed by atoms with Crippen molar-refractivity contribution < 1.29 is 22.8 Å². The van der Waals surface area contributed by atoms with Gasteiger partial charge in [-0.2, -0.15) is 13.2 Å². The van der Waals surface area contributed by atoms with E-state index in [0.29, 0.717) is 0 Å². The average molecular weight is 353 g/mol. The van der Waals surface area contributed by atoms with Crippen LogP contribution in [0.15, 0.2) is 10.7 Å². The number of nitrogens with two attached hydrogens (primary N) is 1. The minimum absolute atomic E-state index is 0.118.